The van der Waals surface area contributed by atoms with Crippen LogP contribution in [0.4, 0.5) is 13.2 Å². The molecular formula is C19H25F3N4O2. The van der Waals surface area contributed by atoms with Crippen LogP contribution in [0.5, 0.6) is 0 Å². The van der Waals surface area contributed by atoms with Crippen LogP contribution in [0, 0.1) is 0 Å². The molecule has 2 fully saturated rings. The Morgan fingerprint density at radius 3 is 2.36 bits per heavy atom. The lowest BCUT2D eigenvalue weighted by Gasteiger charge is -2.35. The van der Waals surface area contributed by atoms with Gasteiger partial charge < -0.3 is 10.6 Å². The molecule has 1 aromatic rings. The van der Waals surface area contributed by atoms with Gasteiger partial charge in [-0.05, 0) is 45.0 Å². The third-order valence-corrected chi connectivity index (χ3v) is 5.49. The van der Waals surface area contributed by atoms with Gasteiger partial charge in [-0.3, -0.25) is 19.8 Å². The number of hydrogen-bond acceptors (Lipinski definition) is 4. The number of hydrogen-bond donors (Lipinski definition) is 3. The number of halogens is 3. The molecule has 9 heteroatoms. The van der Waals surface area contributed by atoms with E-state index < -0.39 is 30.0 Å². The first kappa shape index (κ1) is 20.6. The minimum absolute atomic E-state index is 0.0237. The molecule has 3 unspecified atom stereocenters. The van der Waals surface area contributed by atoms with E-state index in [4.69, 9.17) is 0 Å². The Kier molecular flexibility index (Phi) is 5.42. The van der Waals surface area contributed by atoms with Crippen LogP contribution >= 0.6 is 0 Å². The summed E-state index contributed by atoms with van der Waals surface area (Å²) in [5.41, 5.74) is -0.736. The molecule has 3 atom stereocenters. The highest BCUT2D eigenvalue weighted by Gasteiger charge is 2.64. The summed E-state index contributed by atoms with van der Waals surface area (Å²) in [5.74, 6) is -0.552. The van der Waals surface area contributed by atoms with Gasteiger partial charge in [-0.1, -0.05) is 24.3 Å². The summed E-state index contributed by atoms with van der Waals surface area (Å²) >= 11 is 0. The van der Waals surface area contributed by atoms with E-state index >= 15 is 0 Å². The van der Waals surface area contributed by atoms with Crippen molar-refractivity contribution in [1.82, 2.24) is 20.9 Å². The molecule has 1 aliphatic heterocycles. The normalized spacial score (nSPS) is 25.2. The fourth-order valence-corrected chi connectivity index (χ4v) is 3.48. The van der Waals surface area contributed by atoms with Crippen LogP contribution in [-0.4, -0.2) is 49.3 Å². The number of alkyl halides is 3. The third kappa shape index (κ3) is 4.00. The zero-order valence-corrected chi connectivity index (χ0v) is 16.1. The van der Waals surface area contributed by atoms with Gasteiger partial charge in [0.25, 0.3) is 0 Å². The lowest BCUT2D eigenvalue weighted by atomic mass is 9.93. The van der Waals surface area contributed by atoms with Crippen LogP contribution in [0.25, 0.3) is 0 Å². The lowest BCUT2D eigenvalue weighted by molar-refractivity contribution is -0.160. The highest BCUT2D eigenvalue weighted by Crippen LogP contribution is 2.58. The van der Waals surface area contributed by atoms with Gasteiger partial charge in [0.05, 0.1) is 23.9 Å². The Hall–Kier alpha value is -2.13. The van der Waals surface area contributed by atoms with Crippen molar-refractivity contribution in [2.24, 2.45) is 0 Å². The van der Waals surface area contributed by atoms with E-state index in [-0.39, 0.29) is 36.6 Å². The molecule has 0 radical (unpaired) electrons. The van der Waals surface area contributed by atoms with Crippen LogP contribution < -0.4 is 16.0 Å². The van der Waals surface area contributed by atoms with E-state index in [1.165, 1.54) is 12.1 Å². The molecule has 3 N–H and O–H groups in total. The Morgan fingerprint density at radius 1 is 1.25 bits per heavy atom. The van der Waals surface area contributed by atoms with Crippen molar-refractivity contribution >= 4 is 11.8 Å². The van der Waals surface area contributed by atoms with Crippen LogP contribution in [0.15, 0.2) is 24.3 Å². The molecule has 0 aromatic heterocycles. The summed E-state index contributed by atoms with van der Waals surface area (Å²) < 4.78 is 39.7. The molecule has 2 amide bonds. The average Bonchev–Trinajstić information content (AvgIpc) is 3.43. The summed E-state index contributed by atoms with van der Waals surface area (Å²) in [6.45, 7) is 1.76. The highest BCUT2D eigenvalue weighted by molar-refractivity contribution is 5.89. The van der Waals surface area contributed by atoms with Gasteiger partial charge in [0.1, 0.15) is 6.29 Å². The SMILES string of the molecule is CC(NC(=O)C1CC(=O)NC(N(C)C)N1)c1ccc(C2(C(F)(F)F)CC2)cc1. The van der Waals surface area contributed by atoms with Gasteiger partial charge in [0.15, 0.2) is 0 Å². The van der Waals surface area contributed by atoms with E-state index in [9.17, 15) is 22.8 Å². The molecule has 1 saturated heterocycles. The van der Waals surface area contributed by atoms with E-state index in [0.29, 0.717) is 5.56 Å². The topological polar surface area (TPSA) is 73.5 Å². The molecule has 3 rings (SSSR count). The summed E-state index contributed by atoms with van der Waals surface area (Å²) in [7, 11) is 3.55. The number of nitrogens with zero attached hydrogens (tertiary/aromatic N) is 1. The summed E-state index contributed by atoms with van der Waals surface area (Å²) in [4.78, 5) is 26.1. The van der Waals surface area contributed by atoms with Crippen molar-refractivity contribution in [3.05, 3.63) is 35.4 Å². The molecule has 1 aromatic carbocycles. The molecule has 1 heterocycles. The Labute approximate surface area is 161 Å². The molecule has 0 bridgehead atoms. The third-order valence-electron chi connectivity index (χ3n) is 5.49. The van der Waals surface area contributed by atoms with Gasteiger partial charge >= 0.3 is 6.18 Å². The van der Waals surface area contributed by atoms with Crippen molar-refractivity contribution in [2.45, 2.75) is 56.2 Å². The van der Waals surface area contributed by atoms with E-state index in [1.807, 2.05) is 0 Å². The number of nitrogens with one attached hydrogen (secondary N) is 3. The van der Waals surface area contributed by atoms with Crippen molar-refractivity contribution in [3.8, 4) is 0 Å². The second kappa shape index (κ2) is 7.36. The maximum atomic E-state index is 13.2. The Morgan fingerprint density at radius 2 is 1.86 bits per heavy atom. The van der Waals surface area contributed by atoms with Crippen molar-refractivity contribution in [3.63, 3.8) is 0 Å². The maximum absolute atomic E-state index is 13.2. The largest absolute Gasteiger partial charge is 0.398 e. The second-order valence-corrected chi connectivity index (χ2v) is 7.79. The Bertz CT molecular complexity index is 745. The van der Waals surface area contributed by atoms with Crippen LogP contribution in [0.2, 0.25) is 0 Å². The van der Waals surface area contributed by atoms with Crippen LogP contribution in [-0.2, 0) is 15.0 Å². The van der Waals surface area contributed by atoms with Gasteiger partial charge in [-0.15, -0.1) is 0 Å². The number of carbonyl (C=O) groups is 2. The fraction of sp³-hybridized carbons (Fsp3) is 0.579. The molecule has 28 heavy (non-hydrogen) atoms. The van der Waals surface area contributed by atoms with E-state index in [0.717, 1.165) is 0 Å². The molecule has 1 saturated carbocycles. The molecule has 0 spiro atoms. The van der Waals surface area contributed by atoms with Crippen molar-refractivity contribution < 1.29 is 22.8 Å². The standard InChI is InChI=1S/C19H25F3N4O2/c1-11(23-16(28)14-10-15(27)25-17(24-14)26(2)3)12-4-6-13(7-5-12)18(8-9-18)19(20,21)22/h4-7,11,14,17,24H,8-10H2,1-3H3,(H,23,28)(H,25,27). The van der Waals surface area contributed by atoms with Crippen molar-refractivity contribution in [1.29, 1.82) is 0 Å². The number of rotatable bonds is 5. The number of amides is 2. The Balaban J connectivity index is 1.64. The molecule has 154 valence electrons. The van der Waals surface area contributed by atoms with Gasteiger partial charge in [0.2, 0.25) is 11.8 Å². The molecule has 6 nitrogen and oxygen atoms in total. The molecule has 1 aliphatic carbocycles. The fourth-order valence-electron chi connectivity index (χ4n) is 3.48. The first-order valence-corrected chi connectivity index (χ1v) is 9.23. The number of carbonyl (C=O) groups excluding carboxylic acids is 2. The summed E-state index contributed by atoms with van der Waals surface area (Å²) in [5, 5.41) is 8.61. The minimum Gasteiger partial charge on any atom is -0.348 e. The monoisotopic (exact) mass is 398 g/mol. The van der Waals surface area contributed by atoms with Gasteiger partial charge in [-0.25, -0.2) is 0 Å². The molecule has 2 aliphatic rings. The second-order valence-electron chi connectivity index (χ2n) is 7.79. The predicted octanol–water partition coefficient (Wildman–Crippen LogP) is 1.78. The first-order valence-electron chi connectivity index (χ1n) is 9.23. The smallest absolute Gasteiger partial charge is 0.348 e. The van der Waals surface area contributed by atoms with E-state index in [1.54, 1.807) is 38.1 Å². The average molecular weight is 398 g/mol. The summed E-state index contributed by atoms with van der Waals surface area (Å²) in [6, 6.07) is 5.15. The molecular weight excluding hydrogens is 373 g/mol. The first-order chi connectivity index (χ1) is 13.0. The lowest BCUT2D eigenvalue weighted by Crippen LogP contribution is -2.65. The zero-order chi connectivity index (χ0) is 20.7. The van der Waals surface area contributed by atoms with E-state index in [2.05, 4.69) is 16.0 Å². The maximum Gasteiger partial charge on any atom is 0.398 e. The highest BCUT2D eigenvalue weighted by atomic mass is 19.4. The van der Waals surface area contributed by atoms with Gasteiger partial charge in [-0.2, -0.15) is 13.2 Å². The van der Waals surface area contributed by atoms with Crippen LogP contribution in [0.3, 0.4) is 0 Å². The quantitative estimate of drug-likeness (QED) is 0.707. The zero-order valence-electron chi connectivity index (χ0n) is 16.1. The van der Waals surface area contributed by atoms with Gasteiger partial charge in [0, 0.05) is 0 Å². The van der Waals surface area contributed by atoms with Crippen molar-refractivity contribution in [2.75, 3.05) is 14.1 Å². The summed E-state index contributed by atoms with van der Waals surface area (Å²) in [6.07, 6.45) is -4.43. The predicted molar refractivity (Wildman–Crippen MR) is 97.1 cm³/mol. The minimum atomic E-state index is -4.25. The number of benzene rings is 1. The van der Waals surface area contributed by atoms with Crippen LogP contribution in [0.1, 0.15) is 43.4 Å².